The second kappa shape index (κ2) is 9.73. The average Bonchev–Trinajstić information content (AvgIpc) is 2.77. The van der Waals surface area contributed by atoms with Gasteiger partial charge in [-0.3, -0.25) is 9.69 Å². The zero-order valence-electron chi connectivity index (χ0n) is 19.1. The Morgan fingerprint density at radius 2 is 1.88 bits per heavy atom. The van der Waals surface area contributed by atoms with Gasteiger partial charge in [0.05, 0.1) is 17.5 Å². The summed E-state index contributed by atoms with van der Waals surface area (Å²) in [6.45, 7) is 4.18. The van der Waals surface area contributed by atoms with Crippen LogP contribution in [0.15, 0.2) is 48.5 Å². The predicted molar refractivity (Wildman–Crippen MR) is 123 cm³/mol. The van der Waals surface area contributed by atoms with Crippen molar-refractivity contribution in [1.82, 2.24) is 15.1 Å². The molecule has 33 heavy (non-hydrogen) atoms. The van der Waals surface area contributed by atoms with E-state index in [0.29, 0.717) is 38.2 Å². The molecule has 4 rings (SSSR count). The first kappa shape index (κ1) is 23.6. The highest BCUT2D eigenvalue weighted by Crippen LogP contribution is 2.39. The van der Waals surface area contributed by atoms with Crippen LogP contribution in [0.25, 0.3) is 0 Å². The monoisotopic (exact) mass is 460 g/mol. The van der Waals surface area contributed by atoms with E-state index in [1.54, 1.807) is 6.07 Å². The zero-order valence-corrected chi connectivity index (χ0v) is 19.1. The molecule has 2 aliphatic rings. The number of nitrogens with one attached hydrogen (secondary N) is 1. The number of amides is 1. The van der Waals surface area contributed by atoms with Gasteiger partial charge in [-0.05, 0) is 49.8 Å². The number of rotatable bonds is 6. The second-order valence-corrected chi connectivity index (χ2v) is 9.23. The van der Waals surface area contributed by atoms with E-state index in [-0.39, 0.29) is 11.9 Å². The lowest BCUT2D eigenvalue weighted by Gasteiger charge is -2.49. The fraction of sp³-hybridized carbons (Fsp3) is 0.480. The maximum atomic E-state index is 13.3. The molecule has 2 aromatic carbocycles. The van der Waals surface area contributed by atoms with Gasteiger partial charge in [0.15, 0.2) is 0 Å². The lowest BCUT2D eigenvalue weighted by molar-refractivity contribution is -0.137. The number of hydrogen-bond acceptors (Lipinski definition) is 4. The molecule has 2 heterocycles. The largest absolute Gasteiger partial charge is 0.416 e. The third kappa shape index (κ3) is 5.50. The van der Waals surface area contributed by atoms with Gasteiger partial charge in [0.1, 0.15) is 0 Å². The van der Waals surface area contributed by atoms with Crippen LogP contribution in [0.3, 0.4) is 0 Å². The second-order valence-electron chi connectivity index (χ2n) is 9.23. The number of piperazine rings is 1. The van der Waals surface area contributed by atoms with Gasteiger partial charge in [0.25, 0.3) is 0 Å². The number of likely N-dealkylation sites (N-methyl/N-ethyl adjacent to an activating group) is 1. The van der Waals surface area contributed by atoms with E-state index in [1.165, 1.54) is 11.6 Å². The first-order valence-electron chi connectivity index (χ1n) is 11.4. The van der Waals surface area contributed by atoms with Crippen LogP contribution in [-0.2, 0) is 23.9 Å². The van der Waals surface area contributed by atoms with Crippen LogP contribution in [0.5, 0.6) is 0 Å². The molecule has 8 heteroatoms. The van der Waals surface area contributed by atoms with Crippen molar-refractivity contribution in [2.75, 3.05) is 51.7 Å². The number of halogens is 3. The number of nitrogens with zero attached hydrogens (tertiary/aromatic N) is 3. The standard InChI is InChI=1S/C25H31F3N4O/c1-30(2)11-10-29-24(33)21-15-19-14-20(25(26,27)28)8-9-22(19)32-13-12-31(17-23(21)32)16-18-6-4-3-5-7-18/h3-9,14,21,23H,10-13,15-17H2,1-2H3,(H,29,33). The summed E-state index contributed by atoms with van der Waals surface area (Å²) in [6, 6.07) is 14.1. The van der Waals surface area contributed by atoms with E-state index >= 15 is 0 Å². The third-order valence-corrected chi connectivity index (χ3v) is 6.57. The fourth-order valence-corrected chi connectivity index (χ4v) is 4.88. The van der Waals surface area contributed by atoms with Crippen molar-refractivity contribution in [2.45, 2.75) is 25.2 Å². The number of alkyl halides is 3. The quantitative estimate of drug-likeness (QED) is 0.719. The van der Waals surface area contributed by atoms with Crippen LogP contribution in [0, 0.1) is 5.92 Å². The van der Waals surface area contributed by atoms with Gasteiger partial charge >= 0.3 is 6.18 Å². The van der Waals surface area contributed by atoms with Gasteiger partial charge in [-0.15, -0.1) is 0 Å². The molecule has 0 saturated carbocycles. The molecule has 2 unspecified atom stereocenters. The molecular formula is C25H31F3N4O. The van der Waals surface area contributed by atoms with E-state index in [2.05, 4.69) is 27.2 Å². The Balaban J connectivity index is 1.58. The van der Waals surface area contributed by atoms with E-state index in [9.17, 15) is 18.0 Å². The molecule has 0 aromatic heterocycles. The summed E-state index contributed by atoms with van der Waals surface area (Å²) in [4.78, 5) is 19.7. The van der Waals surface area contributed by atoms with Crippen LogP contribution < -0.4 is 10.2 Å². The lowest BCUT2D eigenvalue weighted by Crippen LogP contribution is -2.61. The molecule has 2 atom stereocenters. The highest BCUT2D eigenvalue weighted by Gasteiger charge is 2.42. The Morgan fingerprint density at radius 1 is 1.12 bits per heavy atom. The number of benzene rings is 2. The summed E-state index contributed by atoms with van der Waals surface area (Å²) in [5.74, 6) is -0.488. The zero-order chi connectivity index (χ0) is 23.6. The van der Waals surface area contributed by atoms with E-state index in [0.717, 1.165) is 24.8 Å². The minimum absolute atomic E-state index is 0.0777. The molecule has 2 aromatic rings. The van der Waals surface area contributed by atoms with E-state index in [1.807, 2.05) is 37.2 Å². The molecule has 1 fully saturated rings. The summed E-state index contributed by atoms with van der Waals surface area (Å²) in [5, 5.41) is 3.01. The summed E-state index contributed by atoms with van der Waals surface area (Å²) < 4.78 is 40.0. The Morgan fingerprint density at radius 3 is 2.58 bits per heavy atom. The Hall–Kier alpha value is -2.58. The van der Waals surface area contributed by atoms with Crippen molar-refractivity contribution in [3.63, 3.8) is 0 Å². The Bertz CT molecular complexity index is 964. The molecule has 0 aliphatic carbocycles. The molecule has 1 N–H and O–H groups in total. The minimum Gasteiger partial charge on any atom is -0.365 e. The lowest BCUT2D eigenvalue weighted by atomic mass is 9.82. The molecular weight excluding hydrogens is 429 g/mol. The van der Waals surface area contributed by atoms with Gasteiger partial charge in [0, 0.05) is 45.0 Å². The maximum absolute atomic E-state index is 13.3. The number of hydrogen-bond donors (Lipinski definition) is 1. The van der Waals surface area contributed by atoms with Crippen LogP contribution in [-0.4, -0.2) is 68.6 Å². The molecule has 2 aliphatic heterocycles. The van der Waals surface area contributed by atoms with Crippen molar-refractivity contribution < 1.29 is 18.0 Å². The summed E-state index contributed by atoms with van der Waals surface area (Å²) in [6.07, 6.45) is -4.09. The van der Waals surface area contributed by atoms with Crippen molar-refractivity contribution in [3.8, 4) is 0 Å². The minimum atomic E-state index is -4.40. The van der Waals surface area contributed by atoms with Gasteiger partial charge in [0.2, 0.25) is 5.91 Å². The van der Waals surface area contributed by atoms with Crippen molar-refractivity contribution in [2.24, 2.45) is 5.92 Å². The van der Waals surface area contributed by atoms with Crippen molar-refractivity contribution in [1.29, 1.82) is 0 Å². The molecule has 0 bridgehead atoms. The normalized spacial score (nSPS) is 21.0. The maximum Gasteiger partial charge on any atom is 0.416 e. The van der Waals surface area contributed by atoms with Gasteiger partial charge in [-0.25, -0.2) is 0 Å². The highest BCUT2D eigenvalue weighted by molar-refractivity contribution is 5.82. The first-order chi connectivity index (χ1) is 15.7. The molecule has 0 radical (unpaired) electrons. The van der Waals surface area contributed by atoms with Crippen LogP contribution >= 0.6 is 0 Å². The predicted octanol–water partition coefficient (Wildman–Crippen LogP) is 3.25. The molecule has 5 nitrogen and oxygen atoms in total. The van der Waals surface area contributed by atoms with Gasteiger partial charge in [-0.2, -0.15) is 13.2 Å². The molecule has 178 valence electrons. The molecule has 0 spiro atoms. The van der Waals surface area contributed by atoms with Gasteiger partial charge < -0.3 is 15.1 Å². The van der Waals surface area contributed by atoms with E-state index in [4.69, 9.17) is 0 Å². The first-order valence-corrected chi connectivity index (χ1v) is 11.4. The number of fused-ring (bicyclic) bond motifs is 3. The van der Waals surface area contributed by atoms with Crippen LogP contribution in [0.1, 0.15) is 16.7 Å². The molecule has 1 saturated heterocycles. The Kier molecular flexibility index (Phi) is 6.95. The van der Waals surface area contributed by atoms with E-state index < -0.39 is 17.7 Å². The van der Waals surface area contributed by atoms with Crippen LogP contribution in [0.4, 0.5) is 18.9 Å². The third-order valence-electron chi connectivity index (χ3n) is 6.57. The van der Waals surface area contributed by atoms with Gasteiger partial charge in [-0.1, -0.05) is 30.3 Å². The number of carbonyl (C=O) groups excluding carboxylic acids is 1. The number of carbonyl (C=O) groups is 1. The SMILES string of the molecule is CN(C)CCNC(=O)C1Cc2cc(C(F)(F)F)ccc2N2CCN(Cc3ccccc3)CC12. The molecule has 1 amide bonds. The number of anilines is 1. The van der Waals surface area contributed by atoms with Crippen LogP contribution in [0.2, 0.25) is 0 Å². The summed E-state index contributed by atoms with van der Waals surface area (Å²) >= 11 is 0. The fourth-order valence-electron chi connectivity index (χ4n) is 4.88. The van der Waals surface area contributed by atoms with Crippen molar-refractivity contribution >= 4 is 11.6 Å². The Labute approximate surface area is 193 Å². The average molecular weight is 461 g/mol. The smallest absolute Gasteiger partial charge is 0.365 e. The highest BCUT2D eigenvalue weighted by atomic mass is 19.4. The van der Waals surface area contributed by atoms with Crippen molar-refractivity contribution in [3.05, 3.63) is 65.2 Å². The summed E-state index contributed by atoms with van der Waals surface area (Å²) in [5.41, 5.74) is 1.98. The topological polar surface area (TPSA) is 38.8 Å². The summed E-state index contributed by atoms with van der Waals surface area (Å²) in [7, 11) is 3.87.